The molecule has 0 bridgehead atoms. The van der Waals surface area contributed by atoms with Crippen LogP contribution in [0.15, 0.2) is 49.2 Å². The van der Waals surface area contributed by atoms with Gasteiger partial charge in [0.1, 0.15) is 17.7 Å². The van der Waals surface area contributed by atoms with Crippen LogP contribution in [-0.2, 0) is 18.1 Å². The SMILES string of the molecule is [B]C([B])([B])C([B])([B])n1cc(C(F)(F)F)nc1-c1ccc(Cn2ncc3cnc(-c4c(OC)ncnc4C4CC4)nc32)cc1. The van der Waals surface area contributed by atoms with Gasteiger partial charge in [-0.2, -0.15) is 18.3 Å². The van der Waals surface area contributed by atoms with Gasteiger partial charge in [0.25, 0.3) is 0 Å². The predicted molar refractivity (Wildman–Crippen MR) is 156 cm³/mol. The molecular formula is C26H18B5F3N8O. The van der Waals surface area contributed by atoms with E-state index < -0.39 is 22.3 Å². The molecule has 0 N–H and O–H groups in total. The molecule has 1 aromatic carbocycles. The first-order chi connectivity index (χ1) is 20.3. The number of methoxy groups -OCH3 is 1. The molecule has 10 radical (unpaired) electrons. The second kappa shape index (κ2) is 10.3. The quantitative estimate of drug-likeness (QED) is 0.265. The van der Waals surface area contributed by atoms with Gasteiger partial charge in [-0.1, -0.05) is 24.3 Å². The fourth-order valence-corrected chi connectivity index (χ4v) is 4.66. The van der Waals surface area contributed by atoms with Gasteiger partial charge in [0.2, 0.25) is 5.88 Å². The summed E-state index contributed by atoms with van der Waals surface area (Å²) in [5.74, 6) is 0.887. The van der Waals surface area contributed by atoms with Crippen LogP contribution in [-0.4, -0.2) is 85.6 Å². The van der Waals surface area contributed by atoms with E-state index in [2.05, 4.69) is 25.0 Å². The lowest BCUT2D eigenvalue weighted by Crippen LogP contribution is -2.48. The zero-order chi connectivity index (χ0) is 30.7. The Kier molecular flexibility index (Phi) is 6.97. The van der Waals surface area contributed by atoms with Gasteiger partial charge in [-0.3, -0.25) is 0 Å². The van der Waals surface area contributed by atoms with E-state index in [9.17, 15) is 13.2 Å². The molecule has 1 saturated carbocycles. The first kappa shape index (κ1) is 29.1. The lowest BCUT2D eigenvalue weighted by atomic mass is 9.26. The number of hydrogen-bond acceptors (Lipinski definition) is 7. The van der Waals surface area contributed by atoms with Crippen LogP contribution in [0.1, 0.15) is 35.7 Å². The van der Waals surface area contributed by atoms with E-state index in [1.54, 1.807) is 41.3 Å². The van der Waals surface area contributed by atoms with Crippen LogP contribution < -0.4 is 4.74 Å². The Morgan fingerprint density at radius 3 is 2.30 bits per heavy atom. The molecule has 0 unspecified atom stereocenters. The highest BCUT2D eigenvalue weighted by Gasteiger charge is 2.39. The average Bonchev–Trinajstić information content (AvgIpc) is 3.57. The van der Waals surface area contributed by atoms with E-state index in [1.807, 2.05) is 0 Å². The fourth-order valence-electron chi connectivity index (χ4n) is 4.66. The summed E-state index contributed by atoms with van der Waals surface area (Å²) >= 11 is 0. The first-order valence-electron chi connectivity index (χ1n) is 13.1. The van der Waals surface area contributed by atoms with Gasteiger partial charge in [-0.05, 0) is 23.7 Å². The fraction of sp³-hybridized carbons (Fsp3) is 0.308. The summed E-state index contributed by atoms with van der Waals surface area (Å²) in [5.41, 5.74) is 1.85. The third-order valence-corrected chi connectivity index (χ3v) is 7.23. The van der Waals surface area contributed by atoms with E-state index in [4.69, 9.17) is 49.0 Å². The van der Waals surface area contributed by atoms with Crippen LogP contribution in [0, 0.1) is 0 Å². The Morgan fingerprint density at radius 1 is 0.953 bits per heavy atom. The van der Waals surface area contributed by atoms with Gasteiger partial charge in [0, 0.05) is 23.9 Å². The normalized spacial score (nSPS) is 14.3. The first-order valence-corrected chi connectivity index (χ1v) is 13.1. The molecule has 0 saturated heterocycles. The molecular weight excluding hydrogens is 551 g/mol. The van der Waals surface area contributed by atoms with Crippen LogP contribution in [0.2, 0.25) is 5.11 Å². The summed E-state index contributed by atoms with van der Waals surface area (Å²) in [7, 11) is 30.6. The van der Waals surface area contributed by atoms with E-state index >= 15 is 0 Å². The zero-order valence-corrected chi connectivity index (χ0v) is 22.8. The van der Waals surface area contributed by atoms with Crippen molar-refractivity contribution >= 4 is 50.3 Å². The van der Waals surface area contributed by atoms with Gasteiger partial charge in [0.05, 0.1) is 70.2 Å². The summed E-state index contributed by atoms with van der Waals surface area (Å²) < 4.78 is 48.6. The van der Waals surface area contributed by atoms with Crippen molar-refractivity contribution in [2.24, 2.45) is 0 Å². The number of fused-ring (bicyclic) bond motifs is 1. The number of rotatable bonds is 8. The van der Waals surface area contributed by atoms with Crippen molar-refractivity contribution in [3.63, 3.8) is 0 Å². The summed E-state index contributed by atoms with van der Waals surface area (Å²) in [6.07, 6.45) is 2.66. The zero-order valence-electron chi connectivity index (χ0n) is 22.8. The highest BCUT2D eigenvalue weighted by molar-refractivity contribution is 6.66. The maximum atomic E-state index is 13.5. The van der Waals surface area contributed by atoms with Crippen LogP contribution in [0.5, 0.6) is 5.88 Å². The van der Waals surface area contributed by atoms with Crippen molar-refractivity contribution in [3.05, 3.63) is 66.1 Å². The molecule has 0 aliphatic heterocycles. The summed E-state index contributed by atoms with van der Waals surface area (Å²) in [4.78, 5) is 21.7. The number of nitrogens with zero attached hydrogens (tertiary/aromatic N) is 8. The number of ether oxygens (including phenoxy) is 1. The topological polar surface area (TPSA) is 96.4 Å². The molecule has 4 aromatic heterocycles. The lowest BCUT2D eigenvalue weighted by Gasteiger charge is -2.44. The van der Waals surface area contributed by atoms with E-state index in [-0.39, 0.29) is 17.9 Å². The van der Waals surface area contributed by atoms with Crippen molar-refractivity contribution in [1.82, 2.24) is 39.3 Å². The number of halogens is 3. The third kappa shape index (κ3) is 5.34. The number of aromatic nitrogens is 8. The Labute approximate surface area is 251 Å². The smallest absolute Gasteiger partial charge is 0.434 e. The minimum absolute atomic E-state index is 0.220. The summed E-state index contributed by atoms with van der Waals surface area (Å²) in [5, 5.41) is 0.582. The van der Waals surface area contributed by atoms with E-state index in [0.29, 0.717) is 40.4 Å². The Hall–Kier alpha value is -4.03. The molecule has 9 nitrogen and oxygen atoms in total. The lowest BCUT2D eigenvalue weighted by molar-refractivity contribution is -0.140. The summed E-state index contributed by atoms with van der Waals surface area (Å²) in [6, 6.07) is 6.53. The maximum Gasteiger partial charge on any atom is 0.434 e. The largest absolute Gasteiger partial charge is 0.480 e. The van der Waals surface area contributed by atoms with Crippen molar-refractivity contribution in [1.29, 1.82) is 0 Å². The molecule has 1 fully saturated rings. The minimum Gasteiger partial charge on any atom is -0.480 e. The minimum atomic E-state index is -4.78. The molecule has 0 amide bonds. The van der Waals surface area contributed by atoms with Crippen molar-refractivity contribution in [3.8, 4) is 28.7 Å². The Bertz CT molecular complexity index is 1810. The van der Waals surface area contributed by atoms with Gasteiger partial charge in [-0.25, -0.2) is 29.6 Å². The number of imidazole rings is 1. The monoisotopic (exact) mass is 570 g/mol. The van der Waals surface area contributed by atoms with Crippen molar-refractivity contribution in [2.45, 2.75) is 41.9 Å². The van der Waals surface area contributed by atoms with Gasteiger partial charge in [-0.15, -0.1) is 5.11 Å². The molecule has 1 aliphatic rings. The van der Waals surface area contributed by atoms with Crippen molar-refractivity contribution in [2.75, 3.05) is 7.11 Å². The molecule has 0 spiro atoms. The highest BCUT2D eigenvalue weighted by atomic mass is 19.4. The molecule has 0 atom stereocenters. The number of benzene rings is 1. The van der Waals surface area contributed by atoms with Gasteiger partial charge in [0.15, 0.2) is 17.2 Å². The third-order valence-electron chi connectivity index (χ3n) is 7.23. The average molecular weight is 570 g/mol. The Balaban J connectivity index is 1.34. The standard InChI is InChI=1S/C26H18B5F3N8O/c1-43-23-18(19(14-6-7-14)36-12-37-23)20-35-8-16-9-38-42(22(16)40-20)10-13-2-4-15(5-3-13)21-39-17(24(32,33)34)11-41(21)26(30,31)25(27,28)29/h2-5,8-9,11-12,14H,6-7,10H2,1H3. The maximum absolute atomic E-state index is 13.5. The van der Waals surface area contributed by atoms with Gasteiger partial charge >= 0.3 is 6.18 Å². The molecule has 6 rings (SSSR count). The number of alkyl halides is 3. The van der Waals surface area contributed by atoms with E-state index in [1.165, 1.54) is 13.4 Å². The second-order valence-electron chi connectivity index (χ2n) is 10.5. The number of hydrogen-bond donors (Lipinski definition) is 0. The van der Waals surface area contributed by atoms with Crippen LogP contribution >= 0.6 is 0 Å². The molecule has 204 valence electrons. The Morgan fingerprint density at radius 2 is 1.67 bits per heavy atom. The molecule has 5 aromatic rings. The van der Waals surface area contributed by atoms with E-state index in [0.717, 1.165) is 28.7 Å². The van der Waals surface area contributed by atoms with Gasteiger partial charge < -0.3 is 9.30 Å². The highest BCUT2D eigenvalue weighted by Crippen LogP contribution is 2.45. The molecule has 1 aliphatic carbocycles. The van der Waals surface area contributed by atoms with Crippen molar-refractivity contribution < 1.29 is 17.9 Å². The van der Waals surface area contributed by atoms with Crippen LogP contribution in [0.3, 0.4) is 0 Å². The summed E-state index contributed by atoms with van der Waals surface area (Å²) in [6.45, 7) is 0.287. The molecule has 17 heteroatoms. The second-order valence-corrected chi connectivity index (χ2v) is 10.5. The van der Waals surface area contributed by atoms with Crippen LogP contribution in [0.25, 0.3) is 33.8 Å². The molecule has 4 heterocycles. The predicted octanol–water partition coefficient (Wildman–Crippen LogP) is 2.63. The van der Waals surface area contributed by atoms with Crippen LogP contribution in [0.4, 0.5) is 13.2 Å². The molecule has 43 heavy (non-hydrogen) atoms.